The van der Waals surface area contributed by atoms with E-state index in [1.165, 1.54) is 11.1 Å². The van der Waals surface area contributed by atoms with Crippen molar-refractivity contribution < 1.29 is 4.74 Å². The van der Waals surface area contributed by atoms with E-state index >= 15 is 0 Å². The second-order valence-electron chi connectivity index (χ2n) is 6.99. The number of nitrogens with zero attached hydrogens (tertiary/aromatic N) is 2. The van der Waals surface area contributed by atoms with Crippen LogP contribution in [0.2, 0.25) is 10.0 Å². The van der Waals surface area contributed by atoms with Gasteiger partial charge < -0.3 is 9.64 Å². The molecule has 2 atom stereocenters. The van der Waals surface area contributed by atoms with Crippen LogP contribution in [0.5, 0.6) is 0 Å². The number of benzene rings is 2. The predicted molar refractivity (Wildman–Crippen MR) is 109 cm³/mol. The van der Waals surface area contributed by atoms with Crippen LogP contribution in [0.1, 0.15) is 24.2 Å². The zero-order valence-corrected chi connectivity index (χ0v) is 16.5. The summed E-state index contributed by atoms with van der Waals surface area (Å²) in [6.45, 7) is 7.04. The summed E-state index contributed by atoms with van der Waals surface area (Å²) < 4.78 is 6.32. The lowest BCUT2D eigenvalue weighted by atomic mass is 9.91. The van der Waals surface area contributed by atoms with Gasteiger partial charge in [0.05, 0.1) is 22.7 Å². The SMILES string of the molecule is CCN1CCN(c2ccc(Cl)c(Cl)c2)C(C2OCCc3ccccc32)C1. The van der Waals surface area contributed by atoms with E-state index in [4.69, 9.17) is 27.9 Å². The van der Waals surface area contributed by atoms with Crippen molar-refractivity contribution >= 4 is 28.9 Å². The van der Waals surface area contributed by atoms with Crippen LogP contribution in [0.25, 0.3) is 0 Å². The summed E-state index contributed by atoms with van der Waals surface area (Å²) in [5.74, 6) is 0. The van der Waals surface area contributed by atoms with E-state index in [0.717, 1.165) is 44.9 Å². The first-order valence-corrected chi connectivity index (χ1v) is 10.1. The van der Waals surface area contributed by atoms with Gasteiger partial charge in [0.1, 0.15) is 6.10 Å². The highest BCUT2D eigenvalue weighted by molar-refractivity contribution is 6.42. The van der Waals surface area contributed by atoms with Crippen LogP contribution in [0, 0.1) is 0 Å². The van der Waals surface area contributed by atoms with Gasteiger partial charge in [0.15, 0.2) is 0 Å². The van der Waals surface area contributed by atoms with Gasteiger partial charge in [-0.2, -0.15) is 0 Å². The number of piperazine rings is 1. The van der Waals surface area contributed by atoms with E-state index in [2.05, 4.69) is 47.1 Å². The first-order valence-electron chi connectivity index (χ1n) is 9.31. The summed E-state index contributed by atoms with van der Waals surface area (Å²) >= 11 is 12.4. The van der Waals surface area contributed by atoms with Crippen LogP contribution in [-0.2, 0) is 11.2 Å². The molecule has 0 amide bonds. The minimum absolute atomic E-state index is 0.0729. The van der Waals surface area contributed by atoms with Gasteiger partial charge in [0, 0.05) is 25.3 Å². The molecular weight excluding hydrogens is 367 g/mol. The fraction of sp³-hybridized carbons (Fsp3) is 0.429. The molecule has 26 heavy (non-hydrogen) atoms. The van der Waals surface area contributed by atoms with Crippen LogP contribution >= 0.6 is 23.2 Å². The lowest BCUT2D eigenvalue weighted by molar-refractivity contribution is 0.00760. The molecule has 0 spiro atoms. The van der Waals surface area contributed by atoms with Crippen molar-refractivity contribution in [2.24, 2.45) is 0 Å². The highest BCUT2D eigenvalue weighted by Gasteiger charge is 2.36. The largest absolute Gasteiger partial charge is 0.371 e. The average Bonchev–Trinajstić information content (AvgIpc) is 2.69. The Hall–Kier alpha value is -1.26. The third kappa shape index (κ3) is 3.46. The zero-order chi connectivity index (χ0) is 18.1. The molecule has 1 saturated heterocycles. The Morgan fingerprint density at radius 3 is 2.73 bits per heavy atom. The van der Waals surface area contributed by atoms with Gasteiger partial charge >= 0.3 is 0 Å². The minimum Gasteiger partial charge on any atom is -0.371 e. The van der Waals surface area contributed by atoms with Gasteiger partial charge in [0.2, 0.25) is 0 Å². The summed E-state index contributed by atoms with van der Waals surface area (Å²) in [7, 11) is 0. The van der Waals surface area contributed by atoms with Crippen molar-refractivity contribution in [1.29, 1.82) is 0 Å². The highest BCUT2D eigenvalue weighted by Crippen LogP contribution is 2.37. The summed E-state index contributed by atoms with van der Waals surface area (Å²) in [6, 6.07) is 14.9. The normalized spacial score (nSPS) is 23.7. The van der Waals surface area contributed by atoms with Crippen molar-refractivity contribution in [3.05, 3.63) is 63.6 Å². The summed E-state index contributed by atoms with van der Waals surface area (Å²) in [4.78, 5) is 4.94. The molecule has 0 N–H and O–H groups in total. The van der Waals surface area contributed by atoms with Gasteiger partial charge in [-0.1, -0.05) is 54.4 Å². The molecule has 2 aliphatic rings. The van der Waals surface area contributed by atoms with Crippen LogP contribution in [0.4, 0.5) is 5.69 Å². The summed E-state index contributed by atoms with van der Waals surface area (Å²) in [5.41, 5.74) is 3.85. The van der Waals surface area contributed by atoms with Gasteiger partial charge in [-0.3, -0.25) is 4.90 Å². The molecule has 0 radical (unpaired) electrons. The topological polar surface area (TPSA) is 15.7 Å². The quantitative estimate of drug-likeness (QED) is 0.746. The Morgan fingerprint density at radius 2 is 1.92 bits per heavy atom. The van der Waals surface area contributed by atoms with E-state index in [1.54, 1.807) is 0 Å². The standard InChI is InChI=1S/C21H24Cl2N2O/c1-2-24-10-11-25(16-7-8-18(22)19(23)13-16)20(14-24)21-17-6-4-3-5-15(17)9-12-26-21/h3-8,13,20-21H,2,9-12,14H2,1H3. The molecule has 2 aromatic rings. The number of likely N-dealkylation sites (N-methyl/N-ethyl adjacent to an activating group) is 1. The Bertz CT molecular complexity index is 782. The number of hydrogen-bond acceptors (Lipinski definition) is 3. The lowest BCUT2D eigenvalue weighted by Gasteiger charge is -2.47. The first kappa shape index (κ1) is 18.1. The number of hydrogen-bond donors (Lipinski definition) is 0. The fourth-order valence-corrected chi connectivity index (χ4v) is 4.44. The number of anilines is 1. The van der Waals surface area contributed by atoms with E-state index in [1.807, 2.05) is 12.1 Å². The zero-order valence-electron chi connectivity index (χ0n) is 15.0. The molecule has 5 heteroatoms. The molecule has 2 aliphatic heterocycles. The van der Waals surface area contributed by atoms with Crippen molar-refractivity contribution in [1.82, 2.24) is 4.90 Å². The molecule has 3 nitrogen and oxygen atoms in total. The predicted octanol–water partition coefficient (Wildman–Crippen LogP) is 4.82. The Kier molecular flexibility index (Phi) is 5.42. The number of fused-ring (bicyclic) bond motifs is 1. The van der Waals surface area contributed by atoms with Gasteiger partial charge in [0.25, 0.3) is 0 Å². The van der Waals surface area contributed by atoms with Crippen molar-refractivity contribution in [2.75, 3.05) is 37.7 Å². The van der Waals surface area contributed by atoms with Crippen molar-refractivity contribution in [2.45, 2.75) is 25.5 Å². The monoisotopic (exact) mass is 390 g/mol. The molecule has 2 aromatic carbocycles. The van der Waals surface area contributed by atoms with Crippen molar-refractivity contribution in [3.8, 4) is 0 Å². The molecule has 0 saturated carbocycles. The fourth-order valence-electron chi connectivity index (χ4n) is 4.14. The Labute approximate surface area is 165 Å². The van der Waals surface area contributed by atoms with Gasteiger partial charge in [-0.15, -0.1) is 0 Å². The number of rotatable bonds is 3. The van der Waals surface area contributed by atoms with E-state index in [9.17, 15) is 0 Å². The van der Waals surface area contributed by atoms with Gasteiger partial charge in [-0.25, -0.2) is 0 Å². The van der Waals surface area contributed by atoms with Crippen LogP contribution in [-0.4, -0.2) is 43.7 Å². The molecule has 0 aliphatic carbocycles. The van der Waals surface area contributed by atoms with Crippen LogP contribution in [0.15, 0.2) is 42.5 Å². The molecule has 1 fully saturated rings. The van der Waals surface area contributed by atoms with Crippen LogP contribution in [0.3, 0.4) is 0 Å². The second-order valence-corrected chi connectivity index (χ2v) is 7.81. The molecule has 2 heterocycles. The van der Waals surface area contributed by atoms with Gasteiger partial charge in [-0.05, 0) is 42.3 Å². The second kappa shape index (κ2) is 7.77. The molecule has 0 aromatic heterocycles. The Balaban J connectivity index is 1.71. The number of ether oxygens (including phenoxy) is 1. The highest BCUT2D eigenvalue weighted by atomic mass is 35.5. The Morgan fingerprint density at radius 1 is 1.08 bits per heavy atom. The maximum atomic E-state index is 6.32. The van der Waals surface area contributed by atoms with E-state index in [-0.39, 0.29) is 12.1 Å². The van der Waals surface area contributed by atoms with E-state index in [0.29, 0.717) is 10.0 Å². The van der Waals surface area contributed by atoms with Crippen LogP contribution < -0.4 is 4.90 Å². The van der Waals surface area contributed by atoms with Crippen molar-refractivity contribution in [3.63, 3.8) is 0 Å². The minimum atomic E-state index is 0.0729. The molecule has 4 rings (SSSR count). The maximum absolute atomic E-state index is 6.32. The van der Waals surface area contributed by atoms with E-state index < -0.39 is 0 Å². The third-order valence-corrected chi connectivity index (χ3v) is 6.30. The number of halogens is 2. The average molecular weight is 391 g/mol. The summed E-state index contributed by atoms with van der Waals surface area (Å²) in [6.07, 6.45) is 1.06. The first-order chi connectivity index (χ1) is 12.7. The maximum Gasteiger partial charge on any atom is 0.104 e. The third-order valence-electron chi connectivity index (χ3n) is 5.56. The molecule has 0 bridgehead atoms. The molecular formula is C21H24Cl2N2O. The molecule has 2 unspecified atom stereocenters. The lowest BCUT2D eigenvalue weighted by Crippen LogP contribution is -2.56. The smallest absolute Gasteiger partial charge is 0.104 e. The summed E-state index contributed by atoms with van der Waals surface area (Å²) in [5, 5.41) is 1.20. The molecule has 138 valence electrons.